The lowest BCUT2D eigenvalue weighted by Crippen LogP contribution is -2.36. The first kappa shape index (κ1) is 18.3. The molecule has 0 saturated carbocycles. The standard InChI is InChI=1S/C17H28BrNO2/c1-17(2,3)19-10-8-6-7-9-14-15(18)11-13(20-4)12-16(14)21-5/h11-12,19H,6-10H2,1-5H3. The Morgan fingerprint density at radius 2 is 1.76 bits per heavy atom. The van der Waals surface area contributed by atoms with Crippen molar-refractivity contribution in [2.45, 2.75) is 52.0 Å². The lowest BCUT2D eigenvalue weighted by Gasteiger charge is -2.20. The zero-order chi connectivity index (χ0) is 15.9. The Labute approximate surface area is 137 Å². The van der Waals surface area contributed by atoms with E-state index in [0.717, 1.165) is 35.4 Å². The van der Waals surface area contributed by atoms with Crippen LogP contribution in [0.1, 0.15) is 45.6 Å². The first-order valence-electron chi connectivity index (χ1n) is 7.53. The van der Waals surface area contributed by atoms with Crippen LogP contribution in [0.4, 0.5) is 0 Å². The molecule has 0 radical (unpaired) electrons. The maximum absolute atomic E-state index is 5.47. The summed E-state index contributed by atoms with van der Waals surface area (Å²) >= 11 is 3.62. The van der Waals surface area contributed by atoms with Crippen LogP contribution in [0.15, 0.2) is 16.6 Å². The number of nitrogens with one attached hydrogen (secondary N) is 1. The molecule has 4 heteroatoms. The Morgan fingerprint density at radius 3 is 2.33 bits per heavy atom. The van der Waals surface area contributed by atoms with E-state index in [2.05, 4.69) is 42.0 Å². The number of benzene rings is 1. The summed E-state index contributed by atoms with van der Waals surface area (Å²) in [6.07, 6.45) is 4.59. The quantitative estimate of drug-likeness (QED) is 0.691. The average Bonchev–Trinajstić information content (AvgIpc) is 2.42. The SMILES string of the molecule is COc1cc(Br)c(CCCCCNC(C)(C)C)c(OC)c1. The second-order valence-electron chi connectivity index (χ2n) is 6.28. The van der Waals surface area contributed by atoms with Crippen LogP contribution >= 0.6 is 15.9 Å². The van der Waals surface area contributed by atoms with E-state index in [0.29, 0.717) is 0 Å². The van der Waals surface area contributed by atoms with Crippen LogP contribution in [0.25, 0.3) is 0 Å². The maximum atomic E-state index is 5.47. The van der Waals surface area contributed by atoms with E-state index in [1.807, 2.05) is 12.1 Å². The van der Waals surface area contributed by atoms with Crippen LogP contribution in [0.3, 0.4) is 0 Å². The first-order valence-corrected chi connectivity index (χ1v) is 8.32. The molecule has 0 heterocycles. The first-order chi connectivity index (χ1) is 9.87. The minimum atomic E-state index is 0.211. The van der Waals surface area contributed by atoms with Gasteiger partial charge in [-0.3, -0.25) is 0 Å². The lowest BCUT2D eigenvalue weighted by atomic mass is 10.0. The van der Waals surface area contributed by atoms with Gasteiger partial charge in [-0.2, -0.15) is 0 Å². The smallest absolute Gasteiger partial charge is 0.126 e. The molecule has 0 unspecified atom stereocenters. The Morgan fingerprint density at radius 1 is 1.05 bits per heavy atom. The molecule has 0 saturated heterocycles. The van der Waals surface area contributed by atoms with Crippen LogP contribution in [-0.4, -0.2) is 26.3 Å². The molecule has 0 bridgehead atoms. The van der Waals surface area contributed by atoms with Crippen molar-refractivity contribution in [2.75, 3.05) is 20.8 Å². The van der Waals surface area contributed by atoms with Gasteiger partial charge in [0.2, 0.25) is 0 Å². The topological polar surface area (TPSA) is 30.5 Å². The lowest BCUT2D eigenvalue weighted by molar-refractivity contribution is 0.389. The van der Waals surface area contributed by atoms with E-state index in [1.165, 1.54) is 18.4 Å². The number of methoxy groups -OCH3 is 2. The number of unbranched alkanes of at least 4 members (excludes halogenated alkanes) is 2. The molecule has 0 aliphatic rings. The molecule has 1 N–H and O–H groups in total. The van der Waals surface area contributed by atoms with Crippen molar-refractivity contribution < 1.29 is 9.47 Å². The summed E-state index contributed by atoms with van der Waals surface area (Å²) in [7, 11) is 3.38. The molecular formula is C17H28BrNO2. The van der Waals surface area contributed by atoms with Crippen molar-refractivity contribution in [1.29, 1.82) is 0 Å². The molecule has 0 amide bonds. The average molecular weight is 358 g/mol. The van der Waals surface area contributed by atoms with Crippen molar-refractivity contribution >= 4 is 15.9 Å². The largest absolute Gasteiger partial charge is 0.497 e. The molecule has 120 valence electrons. The fraction of sp³-hybridized carbons (Fsp3) is 0.647. The molecule has 21 heavy (non-hydrogen) atoms. The molecule has 0 atom stereocenters. The third-order valence-corrected chi connectivity index (χ3v) is 4.05. The molecule has 3 nitrogen and oxygen atoms in total. The second kappa shape index (κ2) is 8.64. The monoisotopic (exact) mass is 357 g/mol. The Bertz CT molecular complexity index is 441. The van der Waals surface area contributed by atoms with Crippen LogP contribution in [0.2, 0.25) is 0 Å². The zero-order valence-corrected chi connectivity index (χ0v) is 15.5. The minimum absolute atomic E-state index is 0.211. The van der Waals surface area contributed by atoms with E-state index in [4.69, 9.17) is 9.47 Å². The number of hydrogen-bond donors (Lipinski definition) is 1. The summed E-state index contributed by atoms with van der Waals surface area (Å²) in [4.78, 5) is 0. The van der Waals surface area contributed by atoms with Gasteiger partial charge in [0, 0.05) is 21.6 Å². The van der Waals surface area contributed by atoms with E-state index in [9.17, 15) is 0 Å². The van der Waals surface area contributed by atoms with E-state index in [1.54, 1.807) is 14.2 Å². The third kappa shape index (κ3) is 6.70. The van der Waals surface area contributed by atoms with Crippen LogP contribution < -0.4 is 14.8 Å². The van der Waals surface area contributed by atoms with Crippen molar-refractivity contribution in [2.24, 2.45) is 0 Å². The molecule has 0 aromatic heterocycles. The molecule has 0 aliphatic carbocycles. The number of halogens is 1. The minimum Gasteiger partial charge on any atom is -0.497 e. The zero-order valence-electron chi connectivity index (χ0n) is 13.9. The van der Waals surface area contributed by atoms with Gasteiger partial charge < -0.3 is 14.8 Å². The highest BCUT2D eigenvalue weighted by Crippen LogP contribution is 2.33. The van der Waals surface area contributed by atoms with E-state index < -0.39 is 0 Å². The molecule has 0 spiro atoms. The van der Waals surface area contributed by atoms with Crippen molar-refractivity contribution in [3.63, 3.8) is 0 Å². The molecule has 0 aliphatic heterocycles. The molecular weight excluding hydrogens is 330 g/mol. The van der Waals surface area contributed by atoms with Crippen molar-refractivity contribution in [3.8, 4) is 11.5 Å². The predicted octanol–water partition coefficient (Wildman–Crippen LogP) is 4.57. The Hall–Kier alpha value is -0.740. The van der Waals surface area contributed by atoms with Gasteiger partial charge in [-0.1, -0.05) is 22.4 Å². The number of ether oxygens (including phenoxy) is 2. The summed E-state index contributed by atoms with van der Waals surface area (Å²) in [6, 6.07) is 3.94. The highest BCUT2D eigenvalue weighted by molar-refractivity contribution is 9.10. The Kier molecular flexibility index (Phi) is 7.53. The number of rotatable bonds is 8. The van der Waals surface area contributed by atoms with Gasteiger partial charge >= 0.3 is 0 Å². The number of hydrogen-bond acceptors (Lipinski definition) is 3. The summed E-state index contributed by atoms with van der Waals surface area (Å²) in [5.41, 5.74) is 1.43. The van der Waals surface area contributed by atoms with Gasteiger partial charge in [0.25, 0.3) is 0 Å². The predicted molar refractivity (Wildman–Crippen MR) is 92.6 cm³/mol. The van der Waals surface area contributed by atoms with Crippen LogP contribution in [-0.2, 0) is 6.42 Å². The van der Waals surface area contributed by atoms with Gasteiger partial charge in [0.15, 0.2) is 0 Å². The summed E-state index contributed by atoms with van der Waals surface area (Å²) in [5, 5.41) is 3.52. The highest BCUT2D eigenvalue weighted by Gasteiger charge is 2.11. The van der Waals surface area contributed by atoms with Gasteiger partial charge in [0.05, 0.1) is 14.2 Å². The van der Waals surface area contributed by atoms with Gasteiger partial charge in [-0.05, 0) is 52.6 Å². The fourth-order valence-corrected chi connectivity index (χ4v) is 2.82. The van der Waals surface area contributed by atoms with E-state index >= 15 is 0 Å². The molecule has 1 rings (SSSR count). The van der Waals surface area contributed by atoms with Crippen LogP contribution in [0.5, 0.6) is 11.5 Å². The molecule has 1 aromatic carbocycles. The third-order valence-electron chi connectivity index (χ3n) is 3.34. The maximum Gasteiger partial charge on any atom is 0.126 e. The normalized spacial score (nSPS) is 11.5. The van der Waals surface area contributed by atoms with Gasteiger partial charge in [-0.25, -0.2) is 0 Å². The van der Waals surface area contributed by atoms with Crippen molar-refractivity contribution in [3.05, 3.63) is 22.2 Å². The molecule has 0 fully saturated rings. The highest BCUT2D eigenvalue weighted by atomic mass is 79.9. The van der Waals surface area contributed by atoms with Crippen LogP contribution in [0, 0.1) is 0 Å². The summed E-state index contributed by atoms with van der Waals surface area (Å²) in [6.45, 7) is 7.68. The van der Waals surface area contributed by atoms with Gasteiger partial charge in [-0.15, -0.1) is 0 Å². The van der Waals surface area contributed by atoms with E-state index in [-0.39, 0.29) is 5.54 Å². The second-order valence-corrected chi connectivity index (χ2v) is 7.13. The molecule has 1 aromatic rings. The van der Waals surface area contributed by atoms with Crippen molar-refractivity contribution in [1.82, 2.24) is 5.32 Å². The van der Waals surface area contributed by atoms with Gasteiger partial charge in [0.1, 0.15) is 11.5 Å². The summed E-state index contributed by atoms with van der Waals surface area (Å²) in [5.74, 6) is 1.71. The summed E-state index contributed by atoms with van der Waals surface area (Å²) < 4.78 is 11.8. The fourth-order valence-electron chi connectivity index (χ4n) is 2.20. The Balaban J connectivity index is 2.45.